The van der Waals surface area contributed by atoms with Crippen molar-refractivity contribution >= 4 is 33.2 Å². The molecule has 4 aromatic rings. The Bertz CT molecular complexity index is 1150. The van der Waals surface area contributed by atoms with Crippen molar-refractivity contribution in [1.82, 2.24) is 4.98 Å². The van der Waals surface area contributed by atoms with E-state index in [4.69, 9.17) is 0 Å². The van der Waals surface area contributed by atoms with Crippen LogP contribution in [-0.4, -0.2) is 11.5 Å². The standard InChI is InChI=1S/C20H15N3O/c24-19-9-10-21-13-18(19)23-12-11-22-17-8-4-3-6-15(17)14-5-1-2-7-16(14)20(22)23/h1-10,13H,11-12H2/p+1. The summed E-state index contributed by atoms with van der Waals surface area (Å²) in [5, 5.41) is 3.65. The molecule has 0 amide bonds. The van der Waals surface area contributed by atoms with Gasteiger partial charge < -0.3 is 4.98 Å². The van der Waals surface area contributed by atoms with Crippen LogP contribution in [0.15, 0.2) is 71.8 Å². The van der Waals surface area contributed by atoms with Crippen molar-refractivity contribution in [3.63, 3.8) is 0 Å². The highest BCUT2D eigenvalue weighted by atomic mass is 16.1. The lowest BCUT2D eigenvalue weighted by Gasteiger charge is -2.13. The molecule has 0 aliphatic carbocycles. The summed E-state index contributed by atoms with van der Waals surface area (Å²) in [5.41, 5.74) is 1.95. The summed E-state index contributed by atoms with van der Waals surface area (Å²) in [4.78, 5) is 17.5. The van der Waals surface area contributed by atoms with E-state index in [9.17, 15) is 4.79 Å². The van der Waals surface area contributed by atoms with Gasteiger partial charge >= 0.3 is 0 Å². The Morgan fingerprint density at radius 3 is 2.50 bits per heavy atom. The molecule has 24 heavy (non-hydrogen) atoms. The van der Waals surface area contributed by atoms with Crippen LogP contribution in [0.2, 0.25) is 0 Å². The smallest absolute Gasteiger partial charge is 0.290 e. The largest absolute Gasteiger partial charge is 0.364 e. The number of benzene rings is 2. The zero-order valence-electron chi connectivity index (χ0n) is 13.1. The average molecular weight is 314 g/mol. The van der Waals surface area contributed by atoms with Crippen LogP contribution in [0.5, 0.6) is 0 Å². The maximum absolute atomic E-state index is 12.3. The summed E-state index contributed by atoms with van der Waals surface area (Å²) >= 11 is 0. The molecule has 4 heteroatoms. The lowest BCUT2D eigenvalue weighted by atomic mass is 10.1. The molecule has 1 aliphatic rings. The van der Waals surface area contributed by atoms with Crippen molar-refractivity contribution in [3.8, 4) is 0 Å². The number of para-hydroxylation sites is 1. The number of aromatic amines is 1. The van der Waals surface area contributed by atoms with E-state index in [0.29, 0.717) is 5.69 Å². The molecule has 0 saturated carbocycles. The number of rotatable bonds is 1. The normalized spacial score (nSPS) is 13.6. The third kappa shape index (κ3) is 1.74. The number of aromatic nitrogens is 2. The Hall–Kier alpha value is -3.14. The van der Waals surface area contributed by atoms with E-state index < -0.39 is 0 Å². The molecule has 0 fully saturated rings. The zero-order valence-corrected chi connectivity index (χ0v) is 13.1. The molecular weight excluding hydrogens is 298 g/mol. The average Bonchev–Trinajstić information content (AvgIpc) is 3.08. The molecule has 3 heterocycles. The van der Waals surface area contributed by atoms with Crippen LogP contribution in [0.4, 0.5) is 11.5 Å². The summed E-state index contributed by atoms with van der Waals surface area (Å²) in [7, 11) is 0. The topological polar surface area (TPSA) is 40.0 Å². The predicted octanol–water partition coefficient (Wildman–Crippen LogP) is 3.12. The van der Waals surface area contributed by atoms with Gasteiger partial charge in [0, 0.05) is 23.0 Å². The molecule has 0 saturated heterocycles. The van der Waals surface area contributed by atoms with Gasteiger partial charge in [0.1, 0.15) is 18.6 Å². The van der Waals surface area contributed by atoms with Crippen molar-refractivity contribution < 1.29 is 4.57 Å². The number of hydrogen-bond acceptors (Lipinski definition) is 2. The number of fused-ring (bicyclic) bond motifs is 6. The van der Waals surface area contributed by atoms with Crippen molar-refractivity contribution in [2.24, 2.45) is 0 Å². The molecule has 2 aromatic carbocycles. The lowest BCUT2D eigenvalue weighted by molar-refractivity contribution is -0.643. The van der Waals surface area contributed by atoms with Crippen LogP contribution in [0.1, 0.15) is 0 Å². The fourth-order valence-electron chi connectivity index (χ4n) is 3.79. The van der Waals surface area contributed by atoms with Crippen molar-refractivity contribution in [2.75, 3.05) is 11.4 Å². The molecule has 0 atom stereocenters. The fraction of sp³-hybridized carbons (Fsp3) is 0.100. The molecule has 0 bridgehead atoms. The van der Waals surface area contributed by atoms with Crippen LogP contribution in [0, 0.1) is 0 Å². The Morgan fingerprint density at radius 1 is 0.917 bits per heavy atom. The number of nitrogens with zero attached hydrogens (tertiary/aromatic N) is 2. The molecule has 0 spiro atoms. The summed E-state index contributed by atoms with van der Waals surface area (Å²) in [6.07, 6.45) is 3.47. The molecule has 0 unspecified atom stereocenters. The van der Waals surface area contributed by atoms with Gasteiger partial charge in [0.2, 0.25) is 5.43 Å². The first-order valence-corrected chi connectivity index (χ1v) is 8.12. The highest BCUT2D eigenvalue weighted by Crippen LogP contribution is 2.34. The lowest BCUT2D eigenvalue weighted by Crippen LogP contribution is -2.32. The molecule has 116 valence electrons. The van der Waals surface area contributed by atoms with Gasteiger partial charge in [0.05, 0.1) is 11.6 Å². The van der Waals surface area contributed by atoms with Gasteiger partial charge in [-0.2, -0.15) is 0 Å². The zero-order chi connectivity index (χ0) is 16.1. The number of nitrogens with one attached hydrogen (secondary N) is 1. The van der Waals surface area contributed by atoms with Gasteiger partial charge in [-0.3, -0.25) is 4.79 Å². The van der Waals surface area contributed by atoms with E-state index in [1.54, 1.807) is 18.5 Å². The third-order valence-corrected chi connectivity index (χ3v) is 4.81. The Kier molecular flexibility index (Phi) is 2.73. The second-order valence-electron chi connectivity index (χ2n) is 6.08. The van der Waals surface area contributed by atoms with Crippen molar-refractivity contribution in [3.05, 3.63) is 77.2 Å². The van der Waals surface area contributed by atoms with Gasteiger partial charge in [0.15, 0.2) is 5.69 Å². The molecule has 1 N–H and O–H groups in total. The van der Waals surface area contributed by atoms with E-state index >= 15 is 0 Å². The molecular formula is C20H16N3O+. The van der Waals surface area contributed by atoms with Gasteiger partial charge in [-0.15, -0.1) is 0 Å². The predicted molar refractivity (Wildman–Crippen MR) is 95.7 cm³/mol. The van der Waals surface area contributed by atoms with Crippen LogP contribution in [-0.2, 0) is 6.54 Å². The van der Waals surface area contributed by atoms with E-state index in [2.05, 4.69) is 63.0 Å². The second kappa shape index (κ2) is 4.93. The number of hydrogen-bond donors (Lipinski definition) is 1. The Labute approximate surface area is 138 Å². The molecule has 4 nitrogen and oxygen atoms in total. The fourth-order valence-corrected chi connectivity index (χ4v) is 3.79. The number of anilines is 2. The van der Waals surface area contributed by atoms with Crippen molar-refractivity contribution in [2.45, 2.75) is 6.54 Å². The van der Waals surface area contributed by atoms with Crippen LogP contribution < -0.4 is 14.9 Å². The molecule has 2 aromatic heterocycles. The van der Waals surface area contributed by atoms with Crippen LogP contribution in [0.25, 0.3) is 21.7 Å². The van der Waals surface area contributed by atoms with Crippen LogP contribution >= 0.6 is 0 Å². The number of pyridine rings is 2. The first kappa shape index (κ1) is 13.3. The first-order chi connectivity index (χ1) is 11.8. The monoisotopic (exact) mass is 314 g/mol. The van der Waals surface area contributed by atoms with Gasteiger partial charge in [-0.1, -0.05) is 36.4 Å². The minimum atomic E-state index is 0.0411. The quantitative estimate of drug-likeness (QED) is 0.433. The second-order valence-corrected chi connectivity index (χ2v) is 6.08. The Balaban J connectivity index is 1.92. The summed E-state index contributed by atoms with van der Waals surface area (Å²) < 4.78 is 2.32. The SMILES string of the molecule is O=c1cc[nH]cc1N1CC[n+]2c1c1ccccc1c1ccccc12. The summed E-state index contributed by atoms with van der Waals surface area (Å²) in [6.45, 7) is 1.67. The van der Waals surface area contributed by atoms with E-state index in [1.807, 2.05) is 0 Å². The first-order valence-electron chi connectivity index (χ1n) is 8.12. The van der Waals surface area contributed by atoms with Gasteiger partial charge in [-0.25, -0.2) is 9.47 Å². The molecule has 1 aliphatic heterocycles. The summed E-state index contributed by atoms with van der Waals surface area (Å²) in [5.74, 6) is 1.10. The minimum Gasteiger partial charge on any atom is -0.364 e. The maximum Gasteiger partial charge on any atom is 0.290 e. The maximum atomic E-state index is 12.3. The molecule has 5 rings (SSSR count). The van der Waals surface area contributed by atoms with E-state index in [1.165, 1.54) is 21.7 Å². The minimum absolute atomic E-state index is 0.0411. The van der Waals surface area contributed by atoms with E-state index in [0.717, 1.165) is 18.9 Å². The number of H-pyrrole nitrogens is 1. The highest BCUT2D eigenvalue weighted by molar-refractivity contribution is 6.08. The van der Waals surface area contributed by atoms with E-state index in [-0.39, 0.29) is 5.43 Å². The third-order valence-electron chi connectivity index (χ3n) is 4.81. The molecule has 0 radical (unpaired) electrons. The van der Waals surface area contributed by atoms with Gasteiger partial charge in [-0.05, 0) is 12.1 Å². The van der Waals surface area contributed by atoms with Crippen molar-refractivity contribution in [1.29, 1.82) is 0 Å². The summed E-state index contributed by atoms with van der Waals surface area (Å²) in [6, 6.07) is 18.5. The van der Waals surface area contributed by atoms with Crippen LogP contribution in [0.3, 0.4) is 0 Å². The highest BCUT2D eigenvalue weighted by Gasteiger charge is 2.34. The Morgan fingerprint density at radius 2 is 1.67 bits per heavy atom. The van der Waals surface area contributed by atoms with Gasteiger partial charge in [0.25, 0.3) is 5.82 Å².